The van der Waals surface area contributed by atoms with Crippen molar-refractivity contribution in [3.63, 3.8) is 0 Å². The lowest BCUT2D eigenvalue weighted by Gasteiger charge is -2.09. The summed E-state index contributed by atoms with van der Waals surface area (Å²) in [6.07, 6.45) is 2.86. The van der Waals surface area contributed by atoms with Crippen LogP contribution in [0.4, 0.5) is 5.82 Å². The van der Waals surface area contributed by atoms with Crippen molar-refractivity contribution in [1.29, 1.82) is 0 Å². The van der Waals surface area contributed by atoms with Crippen molar-refractivity contribution in [2.24, 2.45) is 14.1 Å². The number of rotatable bonds is 3. The third-order valence-corrected chi connectivity index (χ3v) is 3.18. The number of ketones is 1. The molecule has 0 aliphatic rings. The Balaban J connectivity index is 2.48. The van der Waals surface area contributed by atoms with Crippen molar-refractivity contribution >= 4 is 17.7 Å². The Hall–Kier alpha value is -2.89. The molecule has 0 aliphatic heterocycles. The number of aromatic nitrogens is 2. The van der Waals surface area contributed by atoms with Gasteiger partial charge in [-0.3, -0.25) is 18.7 Å². The molecule has 6 nitrogen and oxygen atoms in total. The van der Waals surface area contributed by atoms with E-state index in [0.29, 0.717) is 0 Å². The molecule has 0 saturated heterocycles. The summed E-state index contributed by atoms with van der Waals surface area (Å²) in [6, 6.07) is 9.19. The molecule has 0 fully saturated rings. The van der Waals surface area contributed by atoms with Crippen molar-refractivity contribution in [2.75, 3.05) is 5.73 Å². The highest BCUT2D eigenvalue weighted by Gasteiger charge is 2.17. The maximum atomic E-state index is 12.2. The Labute approximate surface area is 120 Å². The quantitative estimate of drug-likeness (QED) is 0.659. The number of nitrogen functional groups attached to an aromatic ring is 1. The van der Waals surface area contributed by atoms with Gasteiger partial charge >= 0.3 is 5.69 Å². The van der Waals surface area contributed by atoms with Gasteiger partial charge in [-0.1, -0.05) is 36.4 Å². The van der Waals surface area contributed by atoms with Crippen LogP contribution in [0.1, 0.15) is 15.9 Å². The smallest absolute Gasteiger partial charge is 0.332 e. The van der Waals surface area contributed by atoms with E-state index in [2.05, 4.69) is 0 Å². The third-order valence-electron chi connectivity index (χ3n) is 3.18. The Kier molecular flexibility index (Phi) is 3.89. The molecule has 0 amide bonds. The number of carbonyl (C=O) groups excluding carboxylic acids is 1. The Morgan fingerprint density at radius 2 is 1.71 bits per heavy atom. The molecule has 0 radical (unpaired) electrons. The van der Waals surface area contributed by atoms with Gasteiger partial charge in [0.1, 0.15) is 11.4 Å². The van der Waals surface area contributed by atoms with E-state index >= 15 is 0 Å². The number of nitrogens with zero attached hydrogens (tertiary/aromatic N) is 2. The predicted molar refractivity (Wildman–Crippen MR) is 81.1 cm³/mol. The minimum absolute atomic E-state index is 0.134. The molecule has 2 N–H and O–H groups in total. The molecule has 6 heteroatoms. The summed E-state index contributed by atoms with van der Waals surface area (Å²) >= 11 is 0. The number of carbonyl (C=O) groups is 1. The molecule has 0 bridgehead atoms. The second-order valence-corrected chi connectivity index (χ2v) is 4.57. The number of benzene rings is 1. The summed E-state index contributed by atoms with van der Waals surface area (Å²) in [5, 5.41) is 0. The molecule has 2 aromatic rings. The summed E-state index contributed by atoms with van der Waals surface area (Å²) in [6.45, 7) is 0. The van der Waals surface area contributed by atoms with Crippen LogP contribution in [0, 0.1) is 0 Å². The zero-order valence-corrected chi connectivity index (χ0v) is 11.7. The van der Waals surface area contributed by atoms with Crippen molar-refractivity contribution in [3.05, 3.63) is 68.4 Å². The van der Waals surface area contributed by atoms with Gasteiger partial charge in [0, 0.05) is 14.1 Å². The Bertz CT molecular complexity index is 830. The number of nitrogens with two attached hydrogens (primary N) is 1. The molecule has 0 unspecified atom stereocenters. The zero-order valence-electron chi connectivity index (χ0n) is 11.7. The normalized spacial score (nSPS) is 11.0. The molecule has 2 rings (SSSR count). The number of hydrogen-bond donors (Lipinski definition) is 1. The molecule has 0 atom stereocenters. The first-order chi connectivity index (χ1) is 9.93. The van der Waals surface area contributed by atoms with E-state index in [9.17, 15) is 14.4 Å². The summed E-state index contributed by atoms with van der Waals surface area (Å²) in [5.41, 5.74) is 5.08. The highest BCUT2D eigenvalue weighted by molar-refractivity contribution is 6.09. The lowest BCUT2D eigenvalue weighted by atomic mass is 10.1. The topological polar surface area (TPSA) is 87.1 Å². The van der Waals surface area contributed by atoms with Gasteiger partial charge in [0.05, 0.1) is 0 Å². The minimum atomic E-state index is -0.696. The second kappa shape index (κ2) is 5.62. The average molecular weight is 285 g/mol. The number of hydrogen-bond acceptors (Lipinski definition) is 4. The second-order valence-electron chi connectivity index (χ2n) is 4.57. The summed E-state index contributed by atoms with van der Waals surface area (Å²) in [4.78, 5) is 35.9. The first-order valence-corrected chi connectivity index (χ1v) is 6.26. The van der Waals surface area contributed by atoms with Gasteiger partial charge in [-0.05, 0) is 11.6 Å². The summed E-state index contributed by atoms with van der Waals surface area (Å²) < 4.78 is 1.94. The van der Waals surface area contributed by atoms with Crippen LogP contribution in [0.25, 0.3) is 6.08 Å². The fourth-order valence-corrected chi connectivity index (χ4v) is 1.91. The molecular weight excluding hydrogens is 270 g/mol. The Morgan fingerprint density at radius 1 is 1.10 bits per heavy atom. The lowest BCUT2D eigenvalue weighted by molar-refractivity contribution is 0.104. The fourth-order valence-electron chi connectivity index (χ4n) is 1.91. The summed E-state index contributed by atoms with van der Waals surface area (Å²) in [5.74, 6) is -0.668. The van der Waals surface area contributed by atoms with Gasteiger partial charge in [-0.15, -0.1) is 0 Å². The van der Waals surface area contributed by atoms with Gasteiger partial charge in [-0.25, -0.2) is 4.79 Å². The molecule has 0 aliphatic carbocycles. The zero-order chi connectivity index (χ0) is 15.6. The molecular formula is C15H15N3O3. The van der Waals surface area contributed by atoms with Crippen molar-refractivity contribution < 1.29 is 4.79 Å². The largest absolute Gasteiger partial charge is 0.384 e. The van der Waals surface area contributed by atoms with Gasteiger partial charge in [0.25, 0.3) is 5.56 Å². The maximum absolute atomic E-state index is 12.2. The monoisotopic (exact) mass is 285 g/mol. The van der Waals surface area contributed by atoms with Crippen LogP contribution < -0.4 is 17.0 Å². The highest BCUT2D eigenvalue weighted by Crippen LogP contribution is 2.07. The van der Waals surface area contributed by atoms with Gasteiger partial charge in [0.15, 0.2) is 5.78 Å². The standard InChI is InChI=1S/C15H15N3O3/c1-17-13(16)12(14(20)18(2)15(17)21)11(19)9-8-10-6-4-3-5-7-10/h3-9H,16H2,1-2H3/b9-8-. The molecule has 1 aromatic carbocycles. The van der Waals surface area contributed by atoms with Crippen molar-refractivity contribution in [1.82, 2.24) is 9.13 Å². The summed E-state index contributed by atoms with van der Waals surface area (Å²) in [7, 11) is 2.72. The third kappa shape index (κ3) is 2.69. The first kappa shape index (κ1) is 14.5. The SMILES string of the molecule is Cn1c(N)c(C(=O)/C=C\c2ccccc2)c(=O)n(C)c1=O. The molecule has 1 heterocycles. The van der Waals surface area contributed by atoms with Gasteiger partial charge in [-0.2, -0.15) is 0 Å². The maximum Gasteiger partial charge on any atom is 0.332 e. The highest BCUT2D eigenvalue weighted by atomic mass is 16.2. The van der Waals surface area contributed by atoms with Gasteiger partial charge in [0.2, 0.25) is 0 Å². The lowest BCUT2D eigenvalue weighted by Crippen LogP contribution is -2.41. The van der Waals surface area contributed by atoms with Crippen LogP contribution in [0.5, 0.6) is 0 Å². The number of allylic oxidation sites excluding steroid dienone is 1. The van der Waals surface area contributed by atoms with Crippen LogP contribution in [0.3, 0.4) is 0 Å². The predicted octanol–water partition coefficient (Wildman–Crippen LogP) is 0.562. The molecule has 0 spiro atoms. The van der Waals surface area contributed by atoms with E-state index in [-0.39, 0.29) is 11.4 Å². The van der Waals surface area contributed by atoms with E-state index < -0.39 is 17.0 Å². The number of anilines is 1. The minimum Gasteiger partial charge on any atom is -0.384 e. The molecule has 0 saturated carbocycles. The van der Waals surface area contributed by atoms with E-state index in [4.69, 9.17) is 5.73 Å². The molecule has 21 heavy (non-hydrogen) atoms. The van der Waals surface area contributed by atoms with E-state index in [0.717, 1.165) is 14.7 Å². The first-order valence-electron chi connectivity index (χ1n) is 6.26. The van der Waals surface area contributed by atoms with Crippen LogP contribution in [-0.4, -0.2) is 14.9 Å². The Morgan fingerprint density at radius 3 is 2.33 bits per heavy atom. The van der Waals surface area contributed by atoms with E-state index in [1.165, 1.54) is 20.2 Å². The van der Waals surface area contributed by atoms with Crippen LogP contribution >= 0.6 is 0 Å². The molecule has 108 valence electrons. The average Bonchev–Trinajstić information content (AvgIpc) is 2.50. The molecule has 1 aromatic heterocycles. The van der Waals surface area contributed by atoms with Gasteiger partial charge < -0.3 is 5.73 Å². The van der Waals surface area contributed by atoms with Crippen LogP contribution in [-0.2, 0) is 14.1 Å². The van der Waals surface area contributed by atoms with Crippen LogP contribution in [0.2, 0.25) is 0 Å². The van der Waals surface area contributed by atoms with Crippen molar-refractivity contribution in [3.8, 4) is 0 Å². The fraction of sp³-hybridized carbons (Fsp3) is 0.133. The van der Waals surface area contributed by atoms with Crippen molar-refractivity contribution in [2.45, 2.75) is 0 Å². The van der Waals surface area contributed by atoms with E-state index in [1.807, 2.05) is 30.3 Å². The van der Waals surface area contributed by atoms with Crippen LogP contribution in [0.15, 0.2) is 46.0 Å². The van der Waals surface area contributed by atoms with E-state index in [1.54, 1.807) is 6.08 Å².